The zero-order valence-corrected chi connectivity index (χ0v) is 17.4. The molecule has 0 bridgehead atoms. The molecule has 8 heteroatoms. The van der Waals surface area contributed by atoms with Crippen molar-refractivity contribution in [1.82, 2.24) is 4.90 Å². The first kappa shape index (κ1) is 20.4. The molecule has 0 aromatic heterocycles. The predicted molar refractivity (Wildman–Crippen MR) is 110 cm³/mol. The SMILES string of the molecule is CC(O)[C@H]1C(=O)N2C(C(=O)O)=C(OP(=O)(c3ccccc3)c3ccccc3)[C@H](C)[C@@H]12. The summed E-state index contributed by atoms with van der Waals surface area (Å²) in [4.78, 5) is 25.7. The quantitative estimate of drug-likeness (QED) is 0.541. The van der Waals surface area contributed by atoms with E-state index in [9.17, 15) is 24.4 Å². The monoisotopic (exact) mass is 427 g/mol. The van der Waals surface area contributed by atoms with Crippen molar-refractivity contribution in [3.05, 3.63) is 72.1 Å². The highest BCUT2D eigenvalue weighted by Crippen LogP contribution is 2.54. The third-order valence-electron chi connectivity index (χ3n) is 5.73. The summed E-state index contributed by atoms with van der Waals surface area (Å²) in [5.74, 6) is -3.05. The lowest BCUT2D eigenvalue weighted by atomic mass is 9.79. The van der Waals surface area contributed by atoms with E-state index in [-0.39, 0.29) is 11.5 Å². The highest BCUT2D eigenvalue weighted by Gasteiger charge is 2.61. The van der Waals surface area contributed by atoms with Gasteiger partial charge in [0, 0.05) is 5.92 Å². The van der Waals surface area contributed by atoms with Crippen LogP contribution in [0.4, 0.5) is 0 Å². The number of rotatable bonds is 6. The van der Waals surface area contributed by atoms with E-state index in [1.54, 1.807) is 67.6 Å². The summed E-state index contributed by atoms with van der Waals surface area (Å²) in [7, 11) is -3.70. The molecule has 7 nitrogen and oxygen atoms in total. The van der Waals surface area contributed by atoms with E-state index >= 15 is 0 Å². The van der Waals surface area contributed by atoms with Gasteiger partial charge in [-0.3, -0.25) is 14.3 Å². The molecule has 2 aliphatic heterocycles. The Morgan fingerprint density at radius 2 is 1.57 bits per heavy atom. The molecule has 1 fully saturated rings. The number of hydrogen-bond acceptors (Lipinski definition) is 5. The predicted octanol–water partition coefficient (Wildman–Crippen LogP) is 2.09. The van der Waals surface area contributed by atoms with Gasteiger partial charge in [0.05, 0.1) is 28.7 Å². The Morgan fingerprint density at radius 3 is 2.00 bits per heavy atom. The second-order valence-electron chi connectivity index (χ2n) is 7.59. The molecule has 0 radical (unpaired) electrons. The van der Waals surface area contributed by atoms with Gasteiger partial charge in [-0.05, 0) is 31.2 Å². The summed E-state index contributed by atoms with van der Waals surface area (Å²) in [5.41, 5.74) is -0.304. The van der Waals surface area contributed by atoms with E-state index in [0.717, 1.165) is 4.90 Å². The van der Waals surface area contributed by atoms with Crippen molar-refractivity contribution in [2.45, 2.75) is 26.0 Å². The molecule has 0 spiro atoms. The number of β-lactam (4-membered cyclic amide) rings is 1. The zero-order valence-electron chi connectivity index (χ0n) is 16.5. The normalized spacial score (nSPS) is 24.3. The summed E-state index contributed by atoms with van der Waals surface area (Å²) < 4.78 is 20.3. The number of carboxylic acids is 1. The number of fused-ring (bicyclic) bond motifs is 1. The van der Waals surface area contributed by atoms with Crippen molar-refractivity contribution >= 4 is 29.9 Å². The lowest BCUT2D eigenvalue weighted by Crippen LogP contribution is -2.63. The molecule has 0 saturated carbocycles. The molecule has 2 aromatic carbocycles. The number of carbonyl (C=O) groups excluding carboxylic acids is 1. The van der Waals surface area contributed by atoms with Crippen LogP contribution in [0.15, 0.2) is 72.1 Å². The maximum Gasteiger partial charge on any atom is 0.356 e. The lowest BCUT2D eigenvalue weighted by Gasteiger charge is -2.46. The second-order valence-corrected chi connectivity index (χ2v) is 9.90. The first-order valence-corrected chi connectivity index (χ1v) is 11.3. The van der Waals surface area contributed by atoms with Crippen LogP contribution in [0, 0.1) is 11.8 Å². The molecule has 2 aliphatic rings. The number of carboxylic acid groups (broad SMARTS) is 1. The van der Waals surface area contributed by atoms with Crippen molar-refractivity contribution in [2.24, 2.45) is 11.8 Å². The molecule has 2 N–H and O–H groups in total. The molecule has 0 aliphatic carbocycles. The average Bonchev–Trinajstić information content (AvgIpc) is 2.97. The van der Waals surface area contributed by atoms with Crippen LogP contribution in [0.1, 0.15) is 13.8 Å². The molecular weight excluding hydrogens is 405 g/mol. The Hall–Kier alpha value is -2.89. The minimum Gasteiger partial charge on any atom is -0.476 e. The summed E-state index contributed by atoms with van der Waals surface area (Å²) in [6.07, 6.45) is -0.925. The van der Waals surface area contributed by atoms with Crippen molar-refractivity contribution in [1.29, 1.82) is 0 Å². The molecular formula is C22H22NO6P. The highest BCUT2D eigenvalue weighted by molar-refractivity contribution is 7.74. The van der Waals surface area contributed by atoms with Crippen molar-refractivity contribution < 1.29 is 28.9 Å². The van der Waals surface area contributed by atoms with Crippen LogP contribution in [-0.4, -0.2) is 39.1 Å². The first-order valence-electron chi connectivity index (χ1n) is 9.67. The largest absolute Gasteiger partial charge is 0.476 e. The number of aliphatic hydroxyl groups excluding tert-OH is 1. The van der Waals surface area contributed by atoms with Crippen LogP contribution >= 0.6 is 7.37 Å². The first-order chi connectivity index (χ1) is 14.3. The van der Waals surface area contributed by atoms with Gasteiger partial charge in [-0.15, -0.1) is 0 Å². The highest BCUT2D eigenvalue weighted by atomic mass is 31.2. The Kier molecular flexibility index (Phi) is 5.04. The van der Waals surface area contributed by atoms with Crippen LogP contribution < -0.4 is 10.6 Å². The fraction of sp³-hybridized carbons (Fsp3) is 0.273. The van der Waals surface area contributed by atoms with Crippen LogP contribution in [0.2, 0.25) is 0 Å². The van der Waals surface area contributed by atoms with Crippen LogP contribution in [0.25, 0.3) is 0 Å². The number of hydrogen-bond donors (Lipinski definition) is 2. The van der Waals surface area contributed by atoms with E-state index in [1.165, 1.54) is 6.92 Å². The molecule has 30 heavy (non-hydrogen) atoms. The fourth-order valence-corrected chi connectivity index (χ4v) is 6.45. The molecule has 1 amide bonds. The molecule has 4 atom stereocenters. The third-order valence-corrected chi connectivity index (χ3v) is 8.14. The Labute approximate surface area is 174 Å². The average molecular weight is 427 g/mol. The molecule has 4 rings (SSSR count). The smallest absolute Gasteiger partial charge is 0.356 e. The summed E-state index contributed by atoms with van der Waals surface area (Å²) >= 11 is 0. The minimum absolute atomic E-state index is 0.0000365. The van der Waals surface area contributed by atoms with Gasteiger partial charge in [0.15, 0.2) is 5.70 Å². The molecule has 1 saturated heterocycles. The number of nitrogens with zero attached hydrogens (tertiary/aromatic N) is 1. The minimum atomic E-state index is -3.70. The molecule has 2 aromatic rings. The van der Waals surface area contributed by atoms with Crippen LogP contribution in [-0.2, 0) is 18.7 Å². The Morgan fingerprint density at radius 1 is 1.07 bits per heavy atom. The summed E-state index contributed by atoms with van der Waals surface area (Å²) in [6, 6.07) is 16.7. The van der Waals surface area contributed by atoms with E-state index in [1.807, 2.05) is 0 Å². The summed E-state index contributed by atoms with van der Waals surface area (Å²) in [5, 5.41) is 20.7. The van der Waals surface area contributed by atoms with Crippen molar-refractivity contribution in [3.63, 3.8) is 0 Å². The molecule has 1 unspecified atom stereocenters. The van der Waals surface area contributed by atoms with Gasteiger partial charge in [0.2, 0.25) is 5.91 Å². The number of benzene rings is 2. The number of amides is 1. The van der Waals surface area contributed by atoms with Gasteiger partial charge in [0.1, 0.15) is 5.76 Å². The second kappa shape index (κ2) is 7.42. The number of carbonyl (C=O) groups is 2. The van der Waals surface area contributed by atoms with Crippen molar-refractivity contribution in [3.8, 4) is 0 Å². The van der Waals surface area contributed by atoms with Crippen molar-refractivity contribution in [2.75, 3.05) is 0 Å². The van der Waals surface area contributed by atoms with Gasteiger partial charge in [-0.1, -0.05) is 43.3 Å². The van der Waals surface area contributed by atoms with Gasteiger partial charge in [-0.2, -0.15) is 0 Å². The third kappa shape index (κ3) is 2.97. The molecule has 2 heterocycles. The number of aliphatic hydroxyl groups is 1. The van der Waals surface area contributed by atoms with E-state index in [0.29, 0.717) is 10.6 Å². The summed E-state index contributed by atoms with van der Waals surface area (Å²) in [6.45, 7) is 3.23. The zero-order chi connectivity index (χ0) is 21.6. The topological polar surface area (TPSA) is 104 Å². The van der Waals surface area contributed by atoms with E-state index in [4.69, 9.17) is 4.52 Å². The van der Waals surface area contributed by atoms with Gasteiger partial charge in [0.25, 0.3) is 0 Å². The lowest BCUT2D eigenvalue weighted by molar-refractivity contribution is -0.163. The van der Waals surface area contributed by atoms with Gasteiger partial charge >= 0.3 is 13.3 Å². The van der Waals surface area contributed by atoms with Crippen LogP contribution in [0.3, 0.4) is 0 Å². The Bertz CT molecular complexity index is 1020. The maximum absolute atomic E-state index is 14.2. The standard InChI is InChI=1S/C22H22NO6P/c1-13-18-17(14(2)24)21(25)23(18)19(22(26)27)20(13)29-30(28,15-9-5-3-6-10-15)16-11-7-4-8-12-16/h3-14,17-18,24H,1-2H3,(H,26,27)/t13-,14?,17-,18+/m1/s1. The van der Waals surface area contributed by atoms with Gasteiger partial charge < -0.3 is 14.7 Å². The maximum atomic E-state index is 14.2. The van der Waals surface area contributed by atoms with E-state index in [2.05, 4.69) is 0 Å². The molecule has 156 valence electrons. The van der Waals surface area contributed by atoms with Crippen LogP contribution in [0.5, 0.6) is 0 Å². The number of aliphatic carboxylic acids is 1. The Balaban J connectivity index is 1.83. The fourth-order valence-electron chi connectivity index (χ4n) is 4.28. The van der Waals surface area contributed by atoms with Gasteiger partial charge in [-0.25, -0.2) is 4.79 Å². The van der Waals surface area contributed by atoms with E-state index < -0.39 is 43.2 Å².